The highest BCUT2D eigenvalue weighted by Gasteiger charge is 2.06. The van der Waals surface area contributed by atoms with E-state index in [4.69, 9.17) is 15.3 Å². The summed E-state index contributed by atoms with van der Waals surface area (Å²) in [5.41, 5.74) is 0.851. The monoisotopic (exact) mass is 198 g/mol. The minimum atomic E-state index is -1.25. The number of amides is 1. The Morgan fingerprint density at radius 1 is 1.43 bits per heavy atom. The highest BCUT2D eigenvalue weighted by Crippen LogP contribution is 2.14. The van der Waals surface area contributed by atoms with Crippen molar-refractivity contribution in [3.8, 4) is 0 Å². The fourth-order valence-corrected chi connectivity index (χ4v) is 0.981. The number of aromatic nitrogens is 1. The second-order valence-corrected chi connectivity index (χ2v) is 2.60. The smallest absolute Gasteiger partial charge is 0.410 e. The van der Waals surface area contributed by atoms with Gasteiger partial charge in [0, 0.05) is 11.8 Å². The molecular weight excluding hydrogens is 188 g/mol. The van der Waals surface area contributed by atoms with Crippen LogP contribution in [0.5, 0.6) is 0 Å². The number of pyridine rings is 1. The Bertz CT molecular complexity index is 340. The van der Waals surface area contributed by atoms with Crippen molar-refractivity contribution in [2.45, 2.75) is 13.2 Å². The molecule has 1 amide bonds. The second kappa shape index (κ2) is 4.54. The van der Waals surface area contributed by atoms with Crippen LogP contribution in [0.15, 0.2) is 12.3 Å². The van der Waals surface area contributed by atoms with Crippen molar-refractivity contribution >= 4 is 11.9 Å². The zero-order valence-corrected chi connectivity index (χ0v) is 7.27. The minimum absolute atomic E-state index is 0.0807. The van der Waals surface area contributed by atoms with Gasteiger partial charge in [0.2, 0.25) is 0 Å². The van der Waals surface area contributed by atoms with Crippen LogP contribution in [0.1, 0.15) is 11.1 Å². The standard InChI is InChI=1S/C8H10N2O4/c11-3-5-1-6(4-12)7(9-2-5)10-8(13)14/h1-2,11-12H,3-4H2,(H,9,10)(H,13,14). The van der Waals surface area contributed by atoms with Gasteiger partial charge in [-0.05, 0) is 11.6 Å². The van der Waals surface area contributed by atoms with Crippen LogP contribution in [-0.4, -0.2) is 26.4 Å². The largest absolute Gasteiger partial charge is 0.465 e. The maximum atomic E-state index is 10.3. The van der Waals surface area contributed by atoms with Gasteiger partial charge in [-0.2, -0.15) is 0 Å². The van der Waals surface area contributed by atoms with Crippen LogP contribution in [-0.2, 0) is 13.2 Å². The maximum absolute atomic E-state index is 10.3. The Kier molecular flexibility index (Phi) is 3.38. The van der Waals surface area contributed by atoms with Gasteiger partial charge in [0.05, 0.1) is 13.2 Å². The normalized spacial score (nSPS) is 9.86. The molecule has 1 heterocycles. The molecule has 1 rings (SSSR count). The molecule has 0 saturated carbocycles. The number of hydrogen-bond donors (Lipinski definition) is 4. The summed E-state index contributed by atoms with van der Waals surface area (Å²) >= 11 is 0. The lowest BCUT2D eigenvalue weighted by Crippen LogP contribution is -2.11. The number of aliphatic hydroxyl groups is 2. The Balaban J connectivity index is 2.98. The van der Waals surface area contributed by atoms with Crippen molar-refractivity contribution in [2.24, 2.45) is 0 Å². The highest BCUT2D eigenvalue weighted by molar-refractivity contribution is 5.82. The van der Waals surface area contributed by atoms with E-state index in [-0.39, 0.29) is 19.0 Å². The van der Waals surface area contributed by atoms with Crippen molar-refractivity contribution in [3.63, 3.8) is 0 Å². The quantitative estimate of drug-likeness (QED) is 0.553. The predicted molar refractivity (Wildman–Crippen MR) is 47.7 cm³/mol. The summed E-state index contributed by atoms with van der Waals surface area (Å²) in [7, 11) is 0. The van der Waals surface area contributed by atoms with E-state index in [0.717, 1.165) is 0 Å². The lowest BCUT2D eigenvalue weighted by Gasteiger charge is -2.06. The first kappa shape index (κ1) is 10.4. The van der Waals surface area contributed by atoms with Crippen LogP contribution in [0.3, 0.4) is 0 Å². The molecule has 0 atom stereocenters. The molecule has 14 heavy (non-hydrogen) atoms. The molecule has 0 aromatic carbocycles. The number of anilines is 1. The second-order valence-electron chi connectivity index (χ2n) is 2.60. The molecule has 6 heteroatoms. The Labute approximate surface area is 79.8 Å². The minimum Gasteiger partial charge on any atom is -0.465 e. The van der Waals surface area contributed by atoms with Gasteiger partial charge in [-0.15, -0.1) is 0 Å². The highest BCUT2D eigenvalue weighted by atomic mass is 16.4. The van der Waals surface area contributed by atoms with E-state index in [2.05, 4.69) is 4.98 Å². The molecule has 0 bridgehead atoms. The van der Waals surface area contributed by atoms with Crippen molar-refractivity contribution in [1.82, 2.24) is 4.98 Å². The van der Waals surface area contributed by atoms with Crippen molar-refractivity contribution in [2.75, 3.05) is 5.32 Å². The van der Waals surface area contributed by atoms with E-state index in [0.29, 0.717) is 11.1 Å². The molecule has 0 unspecified atom stereocenters. The van der Waals surface area contributed by atoms with Crippen LogP contribution in [0.2, 0.25) is 0 Å². The van der Waals surface area contributed by atoms with E-state index in [9.17, 15) is 4.79 Å². The van der Waals surface area contributed by atoms with E-state index in [1.807, 2.05) is 5.32 Å². The number of nitrogens with one attached hydrogen (secondary N) is 1. The molecule has 1 aromatic rings. The summed E-state index contributed by atoms with van der Waals surface area (Å²) in [4.78, 5) is 14.1. The molecule has 76 valence electrons. The Morgan fingerprint density at radius 3 is 2.64 bits per heavy atom. The van der Waals surface area contributed by atoms with Gasteiger partial charge in [-0.25, -0.2) is 9.78 Å². The van der Waals surface area contributed by atoms with Gasteiger partial charge >= 0.3 is 6.09 Å². The SMILES string of the molecule is O=C(O)Nc1ncc(CO)cc1CO. The average Bonchev–Trinajstić information content (AvgIpc) is 2.17. The van der Waals surface area contributed by atoms with Crippen molar-refractivity contribution in [1.29, 1.82) is 0 Å². The van der Waals surface area contributed by atoms with Crippen LogP contribution in [0.25, 0.3) is 0 Å². The van der Waals surface area contributed by atoms with Crippen LogP contribution < -0.4 is 5.32 Å². The molecule has 4 N–H and O–H groups in total. The fraction of sp³-hybridized carbons (Fsp3) is 0.250. The Hall–Kier alpha value is -1.66. The number of carboxylic acid groups (broad SMARTS) is 1. The predicted octanol–water partition coefficient (Wildman–Crippen LogP) is 0.156. The van der Waals surface area contributed by atoms with Gasteiger partial charge in [-0.1, -0.05) is 0 Å². The fourth-order valence-electron chi connectivity index (χ4n) is 0.981. The summed E-state index contributed by atoms with van der Waals surface area (Å²) in [5, 5.41) is 28.1. The molecule has 0 aliphatic heterocycles. The third kappa shape index (κ3) is 2.41. The topological polar surface area (TPSA) is 103 Å². The van der Waals surface area contributed by atoms with Gasteiger partial charge in [-0.3, -0.25) is 5.32 Å². The molecule has 0 spiro atoms. The van der Waals surface area contributed by atoms with Crippen LogP contribution >= 0.6 is 0 Å². The molecule has 0 aliphatic rings. The summed E-state index contributed by atoms with van der Waals surface area (Å²) in [6.07, 6.45) is 0.0914. The molecule has 1 aromatic heterocycles. The van der Waals surface area contributed by atoms with E-state index in [1.165, 1.54) is 12.3 Å². The number of hydrogen-bond acceptors (Lipinski definition) is 4. The molecule has 0 fully saturated rings. The summed E-state index contributed by atoms with van der Waals surface area (Å²) in [6, 6.07) is 1.48. The number of nitrogens with zero attached hydrogens (tertiary/aromatic N) is 1. The third-order valence-electron chi connectivity index (χ3n) is 1.60. The number of aliphatic hydroxyl groups excluding tert-OH is 2. The molecule has 0 radical (unpaired) electrons. The zero-order chi connectivity index (χ0) is 10.6. The first-order chi connectivity index (χ1) is 6.67. The first-order valence-corrected chi connectivity index (χ1v) is 3.87. The zero-order valence-electron chi connectivity index (χ0n) is 7.27. The molecule has 6 nitrogen and oxygen atoms in total. The summed E-state index contributed by atoms with van der Waals surface area (Å²) < 4.78 is 0. The summed E-state index contributed by atoms with van der Waals surface area (Å²) in [6.45, 7) is -0.538. The van der Waals surface area contributed by atoms with Crippen LogP contribution in [0, 0.1) is 0 Å². The van der Waals surface area contributed by atoms with Crippen LogP contribution in [0.4, 0.5) is 10.6 Å². The lowest BCUT2D eigenvalue weighted by molar-refractivity contribution is 0.209. The number of rotatable bonds is 3. The van der Waals surface area contributed by atoms with Gasteiger partial charge in [0.25, 0.3) is 0 Å². The van der Waals surface area contributed by atoms with E-state index < -0.39 is 6.09 Å². The molecule has 0 saturated heterocycles. The molecular formula is C8H10N2O4. The van der Waals surface area contributed by atoms with Gasteiger partial charge in [0.15, 0.2) is 0 Å². The van der Waals surface area contributed by atoms with E-state index in [1.54, 1.807) is 0 Å². The van der Waals surface area contributed by atoms with E-state index >= 15 is 0 Å². The van der Waals surface area contributed by atoms with Crippen molar-refractivity contribution < 1.29 is 20.1 Å². The number of carbonyl (C=O) groups is 1. The van der Waals surface area contributed by atoms with Gasteiger partial charge in [0.1, 0.15) is 5.82 Å². The van der Waals surface area contributed by atoms with Crippen molar-refractivity contribution in [3.05, 3.63) is 23.4 Å². The average molecular weight is 198 g/mol. The maximum Gasteiger partial charge on any atom is 0.410 e. The molecule has 0 aliphatic carbocycles. The van der Waals surface area contributed by atoms with Gasteiger partial charge < -0.3 is 15.3 Å². The first-order valence-electron chi connectivity index (χ1n) is 3.87. The third-order valence-corrected chi connectivity index (χ3v) is 1.60. The lowest BCUT2D eigenvalue weighted by atomic mass is 10.2. The summed E-state index contributed by atoms with van der Waals surface area (Å²) in [5.74, 6) is 0.0807. The Morgan fingerprint density at radius 2 is 2.14 bits per heavy atom.